The highest BCUT2D eigenvalue weighted by atomic mass is 35.5. The van der Waals surface area contributed by atoms with Crippen molar-refractivity contribution in [2.75, 3.05) is 0 Å². The van der Waals surface area contributed by atoms with Crippen LogP contribution in [0.1, 0.15) is 42.1 Å². The van der Waals surface area contributed by atoms with Crippen LogP contribution in [0.3, 0.4) is 0 Å². The smallest absolute Gasteiger partial charge is 0.339 e. The Hall–Kier alpha value is -2.00. The van der Waals surface area contributed by atoms with Gasteiger partial charge in [-0.15, -0.1) is 0 Å². The molecule has 3 nitrogen and oxygen atoms in total. The number of halogens is 1. The molecule has 0 amide bonds. The standard InChI is InChI=1S/C17H17ClO3/c1-3-11(2)12-7-4-5-10-15(12)21-16-13(17(19)20)8-6-9-14(16)18/h4-11H,3H2,1-2H3,(H,19,20). The molecule has 110 valence electrons. The Kier molecular flexibility index (Phi) is 4.86. The summed E-state index contributed by atoms with van der Waals surface area (Å²) < 4.78 is 5.84. The van der Waals surface area contributed by atoms with E-state index in [9.17, 15) is 9.90 Å². The lowest BCUT2D eigenvalue weighted by Crippen LogP contribution is -2.02. The molecular formula is C17H17ClO3. The number of carboxylic acids is 1. The zero-order valence-electron chi connectivity index (χ0n) is 12.0. The maximum absolute atomic E-state index is 11.3. The highest BCUT2D eigenvalue weighted by Gasteiger charge is 2.17. The number of rotatable bonds is 5. The first-order valence-corrected chi connectivity index (χ1v) is 7.21. The second-order valence-electron chi connectivity index (χ2n) is 4.87. The van der Waals surface area contributed by atoms with Crippen LogP contribution in [0.25, 0.3) is 0 Å². The Bertz CT molecular complexity index is 652. The van der Waals surface area contributed by atoms with Gasteiger partial charge in [0, 0.05) is 0 Å². The fraction of sp³-hybridized carbons (Fsp3) is 0.235. The minimum atomic E-state index is -1.06. The summed E-state index contributed by atoms with van der Waals surface area (Å²) in [6.07, 6.45) is 0.967. The van der Waals surface area contributed by atoms with Crippen LogP contribution >= 0.6 is 11.6 Å². The van der Waals surface area contributed by atoms with E-state index in [-0.39, 0.29) is 16.3 Å². The van der Waals surface area contributed by atoms with Crippen molar-refractivity contribution in [3.05, 3.63) is 58.6 Å². The maximum atomic E-state index is 11.3. The Morgan fingerprint density at radius 3 is 2.62 bits per heavy atom. The van der Waals surface area contributed by atoms with Gasteiger partial charge < -0.3 is 9.84 Å². The molecule has 0 aromatic heterocycles. The van der Waals surface area contributed by atoms with Crippen molar-refractivity contribution in [1.82, 2.24) is 0 Å². The van der Waals surface area contributed by atoms with Gasteiger partial charge in [0.25, 0.3) is 0 Å². The molecule has 2 aromatic rings. The Balaban J connectivity index is 2.46. The van der Waals surface area contributed by atoms with Crippen LogP contribution in [0.2, 0.25) is 5.02 Å². The molecule has 2 aromatic carbocycles. The molecular weight excluding hydrogens is 288 g/mol. The monoisotopic (exact) mass is 304 g/mol. The van der Waals surface area contributed by atoms with Crippen molar-refractivity contribution in [1.29, 1.82) is 0 Å². The second-order valence-corrected chi connectivity index (χ2v) is 5.28. The minimum absolute atomic E-state index is 0.0569. The van der Waals surface area contributed by atoms with Gasteiger partial charge in [-0.05, 0) is 36.1 Å². The lowest BCUT2D eigenvalue weighted by Gasteiger charge is -2.17. The first kappa shape index (κ1) is 15.4. The minimum Gasteiger partial charge on any atom is -0.478 e. The second kappa shape index (κ2) is 6.64. The molecule has 0 aliphatic carbocycles. The van der Waals surface area contributed by atoms with Crippen LogP contribution < -0.4 is 4.74 Å². The SMILES string of the molecule is CCC(C)c1ccccc1Oc1c(Cl)cccc1C(=O)O. The molecule has 0 bridgehead atoms. The number of para-hydroxylation sites is 2. The quantitative estimate of drug-likeness (QED) is 0.810. The van der Waals surface area contributed by atoms with Crippen LogP contribution in [0.4, 0.5) is 0 Å². The summed E-state index contributed by atoms with van der Waals surface area (Å²) in [5.74, 6) is 0.0790. The number of hydrogen-bond acceptors (Lipinski definition) is 2. The van der Waals surface area contributed by atoms with Gasteiger partial charge >= 0.3 is 5.97 Å². The van der Waals surface area contributed by atoms with Gasteiger partial charge in [0.2, 0.25) is 0 Å². The van der Waals surface area contributed by atoms with Crippen molar-refractivity contribution in [2.24, 2.45) is 0 Å². The molecule has 1 N–H and O–H groups in total. The number of carbonyl (C=O) groups is 1. The summed E-state index contributed by atoms with van der Waals surface area (Å²) in [6.45, 7) is 4.20. The number of carboxylic acid groups (broad SMARTS) is 1. The largest absolute Gasteiger partial charge is 0.478 e. The third-order valence-electron chi connectivity index (χ3n) is 3.47. The van der Waals surface area contributed by atoms with Gasteiger partial charge in [-0.25, -0.2) is 4.79 Å². The van der Waals surface area contributed by atoms with Crippen molar-refractivity contribution < 1.29 is 14.6 Å². The Morgan fingerprint density at radius 2 is 1.95 bits per heavy atom. The lowest BCUT2D eigenvalue weighted by molar-refractivity contribution is 0.0694. The van der Waals surface area contributed by atoms with E-state index in [1.54, 1.807) is 12.1 Å². The summed E-state index contributed by atoms with van der Waals surface area (Å²) in [6, 6.07) is 12.3. The van der Waals surface area contributed by atoms with Crippen molar-refractivity contribution in [3.8, 4) is 11.5 Å². The van der Waals surface area contributed by atoms with Crippen molar-refractivity contribution in [3.63, 3.8) is 0 Å². The normalized spacial score (nSPS) is 12.0. The van der Waals surface area contributed by atoms with Gasteiger partial charge in [0.05, 0.1) is 5.02 Å². The topological polar surface area (TPSA) is 46.5 Å². The molecule has 1 unspecified atom stereocenters. The molecule has 0 spiro atoms. The van der Waals surface area contributed by atoms with E-state index in [2.05, 4.69) is 13.8 Å². The number of benzene rings is 2. The Morgan fingerprint density at radius 1 is 1.24 bits per heavy atom. The molecule has 0 heterocycles. The van der Waals surface area contributed by atoms with Gasteiger partial charge in [0.1, 0.15) is 11.3 Å². The summed E-state index contributed by atoms with van der Waals surface area (Å²) >= 11 is 6.10. The highest BCUT2D eigenvalue weighted by Crippen LogP contribution is 2.37. The van der Waals surface area contributed by atoms with E-state index in [0.717, 1.165) is 12.0 Å². The van der Waals surface area contributed by atoms with E-state index in [0.29, 0.717) is 11.7 Å². The molecule has 21 heavy (non-hydrogen) atoms. The molecule has 0 saturated heterocycles. The van der Waals surface area contributed by atoms with Crippen LogP contribution in [-0.2, 0) is 0 Å². The van der Waals surface area contributed by atoms with Gasteiger partial charge in [-0.2, -0.15) is 0 Å². The van der Waals surface area contributed by atoms with E-state index in [4.69, 9.17) is 16.3 Å². The van der Waals surface area contributed by atoms with E-state index < -0.39 is 5.97 Å². The van der Waals surface area contributed by atoms with Crippen LogP contribution in [0.15, 0.2) is 42.5 Å². The molecule has 0 fully saturated rings. The zero-order valence-corrected chi connectivity index (χ0v) is 12.7. The fourth-order valence-electron chi connectivity index (χ4n) is 2.09. The van der Waals surface area contributed by atoms with E-state index in [1.807, 2.05) is 24.3 Å². The fourth-order valence-corrected chi connectivity index (χ4v) is 2.30. The predicted molar refractivity (Wildman–Crippen MR) is 83.6 cm³/mol. The average Bonchev–Trinajstić information content (AvgIpc) is 2.48. The van der Waals surface area contributed by atoms with E-state index in [1.165, 1.54) is 6.07 Å². The van der Waals surface area contributed by atoms with Crippen LogP contribution in [0, 0.1) is 0 Å². The Labute approximate surface area is 129 Å². The predicted octanol–water partition coefficient (Wildman–Crippen LogP) is 5.34. The summed E-state index contributed by atoms with van der Waals surface area (Å²) in [5.41, 5.74) is 1.10. The molecule has 1 atom stereocenters. The third kappa shape index (κ3) is 3.37. The molecule has 0 aliphatic rings. The summed E-state index contributed by atoms with van der Waals surface area (Å²) in [7, 11) is 0. The van der Waals surface area contributed by atoms with Crippen molar-refractivity contribution in [2.45, 2.75) is 26.2 Å². The number of hydrogen-bond donors (Lipinski definition) is 1. The van der Waals surface area contributed by atoms with Gasteiger partial charge in [0.15, 0.2) is 5.75 Å². The number of ether oxygens (including phenoxy) is 1. The van der Waals surface area contributed by atoms with Gasteiger partial charge in [-0.3, -0.25) is 0 Å². The molecule has 0 aliphatic heterocycles. The van der Waals surface area contributed by atoms with Gasteiger partial charge in [-0.1, -0.05) is 49.7 Å². The number of aromatic carboxylic acids is 1. The highest BCUT2D eigenvalue weighted by molar-refractivity contribution is 6.32. The average molecular weight is 305 g/mol. The van der Waals surface area contributed by atoms with Crippen LogP contribution in [0.5, 0.6) is 11.5 Å². The maximum Gasteiger partial charge on any atom is 0.339 e. The first-order chi connectivity index (χ1) is 10.0. The van der Waals surface area contributed by atoms with Crippen molar-refractivity contribution >= 4 is 17.6 Å². The molecule has 4 heteroatoms. The molecule has 0 saturated carbocycles. The van der Waals surface area contributed by atoms with Crippen LogP contribution in [-0.4, -0.2) is 11.1 Å². The molecule has 2 rings (SSSR count). The van der Waals surface area contributed by atoms with E-state index >= 15 is 0 Å². The third-order valence-corrected chi connectivity index (χ3v) is 3.77. The molecule has 0 radical (unpaired) electrons. The lowest BCUT2D eigenvalue weighted by atomic mass is 9.98. The zero-order chi connectivity index (χ0) is 15.4. The first-order valence-electron chi connectivity index (χ1n) is 6.83. The summed E-state index contributed by atoms with van der Waals surface area (Å²) in [4.78, 5) is 11.3. The summed E-state index contributed by atoms with van der Waals surface area (Å²) in [5, 5.41) is 9.54.